The van der Waals surface area contributed by atoms with Gasteiger partial charge in [0.2, 0.25) is 0 Å². The average molecular weight is 247 g/mol. The Morgan fingerprint density at radius 2 is 2.28 bits per heavy atom. The van der Waals surface area contributed by atoms with Gasteiger partial charge in [-0.25, -0.2) is 0 Å². The number of hydrogen-bond donors (Lipinski definition) is 1. The van der Waals surface area contributed by atoms with Crippen LogP contribution in [0, 0.1) is 5.92 Å². The van der Waals surface area contributed by atoms with Crippen LogP contribution in [0.2, 0.25) is 0 Å². The number of hydrogen-bond acceptors (Lipinski definition) is 2. The summed E-state index contributed by atoms with van der Waals surface area (Å²) in [6, 6.07) is 5.16. The molecule has 1 saturated heterocycles. The number of carbonyl (C=O) groups is 1. The van der Waals surface area contributed by atoms with E-state index in [1.54, 1.807) is 12.1 Å². The molecular weight excluding hydrogens is 226 g/mol. The first kappa shape index (κ1) is 12.9. The minimum atomic E-state index is 0.0938. The van der Waals surface area contributed by atoms with Gasteiger partial charge in [-0.2, -0.15) is 0 Å². The lowest BCUT2D eigenvalue weighted by Crippen LogP contribution is -2.39. The van der Waals surface area contributed by atoms with Crippen LogP contribution in [0.15, 0.2) is 18.2 Å². The van der Waals surface area contributed by atoms with Gasteiger partial charge in [0.15, 0.2) is 0 Å². The molecule has 0 saturated carbocycles. The smallest absolute Gasteiger partial charge is 0.253 e. The van der Waals surface area contributed by atoms with Gasteiger partial charge in [0, 0.05) is 18.7 Å². The second-order valence-corrected chi connectivity index (χ2v) is 5.20. The van der Waals surface area contributed by atoms with Gasteiger partial charge in [0.25, 0.3) is 5.91 Å². The maximum Gasteiger partial charge on any atom is 0.253 e. The third-order valence-corrected chi connectivity index (χ3v) is 3.65. The molecule has 3 nitrogen and oxygen atoms in total. The Bertz CT molecular complexity index is 442. The number of nitrogens with zero attached hydrogens (tertiary/aromatic N) is 1. The molecule has 0 unspecified atom stereocenters. The van der Waals surface area contributed by atoms with E-state index in [2.05, 4.69) is 6.92 Å². The summed E-state index contributed by atoms with van der Waals surface area (Å²) >= 11 is 0. The maximum atomic E-state index is 12.4. The Kier molecular flexibility index (Phi) is 3.90. The van der Waals surface area contributed by atoms with Crippen LogP contribution in [0.5, 0.6) is 5.75 Å². The second-order valence-electron chi connectivity index (χ2n) is 5.20. The van der Waals surface area contributed by atoms with Gasteiger partial charge in [0.05, 0.1) is 0 Å². The first-order valence-corrected chi connectivity index (χ1v) is 6.73. The van der Waals surface area contributed by atoms with Gasteiger partial charge in [-0.3, -0.25) is 4.79 Å². The van der Waals surface area contributed by atoms with Crippen molar-refractivity contribution in [3.8, 4) is 5.75 Å². The van der Waals surface area contributed by atoms with E-state index < -0.39 is 0 Å². The number of phenols is 1. The van der Waals surface area contributed by atoms with Crippen LogP contribution in [0.3, 0.4) is 0 Å². The molecule has 1 atom stereocenters. The van der Waals surface area contributed by atoms with E-state index in [-0.39, 0.29) is 11.7 Å². The minimum absolute atomic E-state index is 0.0938. The number of benzene rings is 1. The largest absolute Gasteiger partial charge is 0.508 e. The summed E-state index contributed by atoms with van der Waals surface area (Å²) in [6.07, 6.45) is 3.04. The highest BCUT2D eigenvalue weighted by Gasteiger charge is 2.22. The molecule has 1 fully saturated rings. The molecule has 3 heteroatoms. The first-order valence-electron chi connectivity index (χ1n) is 6.73. The van der Waals surface area contributed by atoms with Gasteiger partial charge >= 0.3 is 0 Å². The highest BCUT2D eigenvalue weighted by molar-refractivity contribution is 5.94. The van der Waals surface area contributed by atoms with Crippen molar-refractivity contribution in [2.24, 2.45) is 5.92 Å². The van der Waals surface area contributed by atoms with Gasteiger partial charge in [-0.15, -0.1) is 0 Å². The Morgan fingerprint density at radius 1 is 1.50 bits per heavy atom. The Hall–Kier alpha value is -1.51. The average Bonchev–Trinajstić information content (AvgIpc) is 2.38. The fraction of sp³-hybridized carbons (Fsp3) is 0.533. The van der Waals surface area contributed by atoms with Gasteiger partial charge in [-0.1, -0.05) is 13.8 Å². The zero-order chi connectivity index (χ0) is 13.1. The van der Waals surface area contributed by atoms with Crippen molar-refractivity contribution in [2.45, 2.75) is 33.1 Å². The number of rotatable bonds is 2. The van der Waals surface area contributed by atoms with Crippen LogP contribution in [0.25, 0.3) is 0 Å². The Morgan fingerprint density at radius 3 is 2.94 bits per heavy atom. The Labute approximate surface area is 108 Å². The third kappa shape index (κ3) is 2.66. The van der Waals surface area contributed by atoms with Crippen molar-refractivity contribution in [3.63, 3.8) is 0 Å². The van der Waals surface area contributed by atoms with Crippen LogP contribution < -0.4 is 0 Å². The predicted octanol–water partition coefficient (Wildman–Crippen LogP) is 2.83. The van der Waals surface area contributed by atoms with E-state index in [9.17, 15) is 9.90 Å². The number of aryl methyl sites for hydroxylation is 1. The number of likely N-dealkylation sites (tertiary alicyclic amines) is 1. The van der Waals surface area contributed by atoms with Crippen molar-refractivity contribution in [2.75, 3.05) is 13.1 Å². The Balaban J connectivity index is 2.17. The molecule has 0 radical (unpaired) electrons. The van der Waals surface area contributed by atoms with E-state index in [1.165, 1.54) is 6.42 Å². The second kappa shape index (κ2) is 5.42. The fourth-order valence-corrected chi connectivity index (χ4v) is 2.56. The molecule has 0 bridgehead atoms. The van der Waals surface area contributed by atoms with E-state index in [0.717, 1.165) is 31.5 Å². The number of carbonyl (C=O) groups excluding carboxylic acids is 1. The molecule has 0 spiro atoms. The number of aromatic hydroxyl groups is 1. The van der Waals surface area contributed by atoms with Crippen LogP contribution in [0.4, 0.5) is 0 Å². The molecule has 1 aromatic rings. The quantitative estimate of drug-likeness (QED) is 0.873. The van der Waals surface area contributed by atoms with Crippen LogP contribution >= 0.6 is 0 Å². The van der Waals surface area contributed by atoms with Crippen molar-refractivity contribution < 1.29 is 9.90 Å². The number of amides is 1. The van der Waals surface area contributed by atoms with Crippen molar-refractivity contribution in [1.82, 2.24) is 4.90 Å². The summed E-state index contributed by atoms with van der Waals surface area (Å²) in [4.78, 5) is 14.3. The molecule has 1 N–H and O–H groups in total. The lowest BCUT2D eigenvalue weighted by Gasteiger charge is -2.31. The lowest BCUT2D eigenvalue weighted by atomic mass is 9.99. The van der Waals surface area contributed by atoms with Crippen molar-refractivity contribution >= 4 is 5.91 Å². The summed E-state index contributed by atoms with van der Waals surface area (Å²) < 4.78 is 0. The van der Waals surface area contributed by atoms with Gasteiger partial charge < -0.3 is 10.0 Å². The van der Waals surface area contributed by atoms with E-state index in [4.69, 9.17) is 0 Å². The summed E-state index contributed by atoms with van der Waals surface area (Å²) in [5.41, 5.74) is 1.53. The zero-order valence-corrected chi connectivity index (χ0v) is 11.1. The number of piperidine rings is 1. The van der Waals surface area contributed by atoms with Crippen LogP contribution in [-0.4, -0.2) is 29.0 Å². The standard InChI is InChI=1S/C15H21NO2/c1-3-12-9-13(6-7-14(12)17)15(18)16-8-4-5-11(2)10-16/h6-7,9,11,17H,3-5,8,10H2,1-2H3/t11-/m1/s1. The highest BCUT2D eigenvalue weighted by Crippen LogP contribution is 2.22. The minimum Gasteiger partial charge on any atom is -0.508 e. The SMILES string of the molecule is CCc1cc(C(=O)N2CCC[C@@H](C)C2)ccc1O. The summed E-state index contributed by atoms with van der Waals surface area (Å²) in [7, 11) is 0. The third-order valence-electron chi connectivity index (χ3n) is 3.65. The fourth-order valence-electron chi connectivity index (χ4n) is 2.56. The molecule has 0 aliphatic carbocycles. The predicted molar refractivity (Wildman–Crippen MR) is 71.8 cm³/mol. The van der Waals surface area contributed by atoms with E-state index in [0.29, 0.717) is 11.5 Å². The van der Waals surface area contributed by atoms with E-state index >= 15 is 0 Å². The van der Waals surface area contributed by atoms with Crippen molar-refractivity contribution in [1.29, 1.82) is 0 Å². The molecule has 1 aliphatic rings. The highest BCUT2D eigenvalue weighted by atomic mass is 16.3. The number of phenolic OH excluding ortho intramolecular Hbond substituents is 1. The molecular formula is C15H21NO2. The van der Waals surface area contributed by atoms with Gasteiger partial charge in [0.1, 0.15) is 5.75 Å². The normalized spacial score (nSPS) is 19.9. The zero-order valence-electron chi connectivity index (χ0n) is 11.1. The molecule has 18 heavy (non-hydrogen) atoms. The summed E-state index contributed by atoms with van der Waals surface area (Å²) in [5, 5.41) is 9.64. The van der Waals surface area contributed by atoms with Gasteiger partial charge in [-0.05, 0) is 48.9 Å². The molecule has 0 aromatic heterocycles. The molecule has 1 amide bonds. The molecule has 2 rings (SSSR count). The summed E-state index contributed by atoms with van der Waals surface area (Å²) in [5.74, 6) is 0.961. The topological polar surface area (TPSA) is 40.5 Å². The monoisotopic (exact) mass is 247 g/mol. The summed E-state index contributed by atoms with van der Waals surface area (Å²) in [6.45, 7) is 5.87. The van der Waals surface area contributed by atoms with E-state index in [1.807, 2.05) is 17.9 Å². The van der Waals surface area contributed by atoms with Crippen molar-refractivity contribution in [3.05, 3.63) is 29.3 Å². The molecule has 1 aromatic carbocycles. The molecule has 1 aliphatic heterocycles. The maximum absolute atomic E-state index is 12.4. The van der Waals surface area contributed by atoms with Crippen LogP contribution in [-0.2, 0) is 6.42 Å². The molecule has 1 heterocycles. The lowest BCUT2D eigenvalue weighted by molar-refractivity contribution is 0.0683. The first-order chi connectivity index (χ1) is 8.61. The van der Waals surface area contributed by atoms with Crippen LogP contribution in [0.1, 0.15) is 42.6 Å². The molecule has 98 valence electrons.